The Bertz CT molecular complexity index is 424. The minimum absolute atomic E-state index is 0.154. The first-order chi connectivity index (χ1) is 8.69. The van der Waals surface area contributed by atoms with Crippen molar-refractivity contribution >= 4 is 11.7 Å². The van der Waals surface area contributed by atoms with E-state index >= 15 is 0 Å². The van der Waals surface area contributed by atoms with E-state index in [-0.39, 0.29) is 11.8 Å². The first-order valence-electron chi connectivity index (χ1n) is 6.15. The number of benzene rings is 1. The second-order valence-electron chi connectivity index (χ2n) is 4.60. The second kappa shape index (κ2) is 5.82. The van der Waals surface area contributed by atoms with Crippen molar-refractivity contribution in [2.24, 2.45) is 5.92 Å². The number of hydrogen-bond donors (Lipinski definition) is 2. The van der Waals surface area contributed by atoms with Crippen molar-refractivity contribution in [3.63, 3.8) is 0 Å². The molecule has 0 aromatic heterocycles. The quantitative estimate of drug-likeness (QED) is 0.861. The van der Waals surface area contributed by atoms with Gasteiger partial charge >= 0.3 is 6.03 Å². The average Bonchev–Trinajstić information content (AvgIpc) is 2.78. The molecule has 2 N–H and O–H groups in total. The summed E-state index contributed by atoms with van der Waals surface area (Å²) in [6.07, 6.45) is 1.01. The number of hydrogen-bond acceptors (Lipinski definition) is 2. The van der Waals surface area contributed by atoms with Gasteiger partial charge in [0.15, 0.2) is 0 Å². The summed E-state index contributed by atoms with van der Waals surface area (Å²) >= 11 is 0. The fourth-order valence-corrected chi connectivity index (χ4v) is 2.24. The Balaban J connectivity index is 1.89. The number of nitrogens with one attached hydrogen (secondary N) is 2. The van der Waals surface area contributed by atoms with E-state index in [1.54, 1.807) is 17.0 Å². The van der Waals surface area contributed by atoms with E-state index in [2.05, 4.69) is 10.6 Å². The van der Waals surface area contributed by atoms with Crippen LogP contribution in [0.1, 0.15) is 6.42 Å². The monoisotopic (exact) mass is 251 g/mol. The van der Waals surface area contributed by atoms with Crippen molar-refractivity contribution in [3.05, 3.63) is 30.1 Å². The van der Waals surface area contributed by atoms with Crippen LogP contribution in [0.15, 0.2) is 24.3 Å². The predicted octanol–water partition coefficient (Wildman–Crippen LogP) is 1.90. The van der Waals surface area contributed by atoms with Crippen molar-refractivity contribution in [1.29, 1.82) is 0 Å². The molecule has 0 saturated carbocycles. The van der Waals surface area contributed by atoms with Gasteiger partial charge in [0.05, 0.1) is 0 Å². The molecule has 0 bridgehead atoms. The third kappa shape index (κ3) is 3.20. The average molecular weight is 251 g/mol. The Labute approximate surface area is 106 Å². The molecule has 1 atom stereocenters. The van der Waals surface area contributed by atoms with Crippen LogP contribution in [0.4, 0.5) is 14.9 Å². The maximum absolute atomic E-state index is 13.0. The molecular weight excluding hydrogens is 233 g/mol. The Morgan fingerprint density at radius 2 is 2.39 bits per heavy atom. The first-order valence-corrected chi connectivity index (χ1v) is 6.15. The first kappa shape index (κ1) is 12.8. The number of carbonyl (C=O) groups excluding carboxylic acids is 1. The molecule has 1 aromatic rings. The summed E-state index contributed by atoms with van der Waals surface area (Å²) in [6, 6.07) is 5.79. The van der Waals surface area contributed by atoms with Crippen LogP contribution < -0.4 is 10.6 Å². The third-order valence-corrected chi connectivity index (χ3v) is 3.14. The summed E-state index contributed by atoms with van der Waals surface area (Å²) in [5, 5.41) is 5.83. The molecule has 0 aliphatic carbocycles. The molecule has 1 heterocycles. The van der Waals surface area contributed by atoms with Gasteiger partial charge in [-0.15, -0.1) is 0 Å². The van der Waals surface area contributed by atoms with Gasteiger partial charge in [0.1, 0.15) is 5.82 Å². The molecule has 0 radical (unpaired) electrons. The summed E-state index contributed by atoms with van der Waals surface area (Å²) in [4.78, 5) is 13.7. The molecular formula is C13H18FN3O. The molecule has 0 spiro atoms. The number of likely N-dealkylation sites (tertiary alicyclic amines) is 1. The van der Waals surface area contributed by atoms with Crippen LogP contribution in [0.3, 0.4) is 0 Å². The molecule has 5 heteroatoms. The van der Waals surface area contributed by atoms with Gasteiger partial charge < -0.3 is 15.5 Å². The van der Waals surface area contributed by atoms with Gasteiger partial charge in [-0.1, -0.05) is 6.07 Å². The van der Waals surface area contributed by atoms with Crippen LogP contribution in [0.25, 0.3) is 0 Å². The Kier molecular flexibility index (Phi) is 4.15. The number of carbonyl (C=O) groups is 1. The summed E-state index contributed by atoms with van der Waals surface area (Å²) in [5.41, 5.74) is 0.497. The topological polar surface area (TPSA) is 44.4 Å². The largest absolute Gasteiger partial charge is 0.324 e. The Morgan fingerprint density at radius 1 is 1.56 bits per heavy atom. The van der Waals surface area contributed by atoms with Gasteiger partial charge in [0.2, 0.25) is 0 Å². The van der Waals surface area contributed by atoms with Gasteiger partial charge in [-0.05, 0) is 44.1 Å². The van der Waals surface area contributed by atoms with Crippen LogP contribution >= 0.6 is 0 Å². The summed E-state index contributed by atoms with van der Waals surface area (Å²) in [7, 11) is 1.91. The summed E-state index contributed by atoms with van der Waals surface area (Å²) in [5.74, 6) is 0.163. The molecule has 1 saturated heterocycles. The lowest BCUT2D eigenvalue weighted by molar-refractivity contribution is 0.221. The van der Waals surface area contributed by atoms with Crippen LogP contribution in [0.5, 0.6) is 0 Å². The second-order valence-corrected chi connectivity index (χ2v) is 4.60. The zero-order chi connectivity index (χ0) is 13.0. The number of amides is 2. The molecule has 1 unspecified atom stereocenters. The van der Waals surface area contributed by atoms with Crippen molar-refractivity contribution in [2.45, 2.75) is 6.42 Å². The smallest absolute Gasteiger partial charge is 0.321 e. The van der Waals surface area contributed by atoms with Gasteiger partial charge in [0, 0.05) is 18.8 Å². The van der Waals surface area contributed by atoms with Crippen molar-refractivity contribution < 1.29 is 9.18 Å². The standard InChI is InChI=1S/C13H18FN3O/c1-15-8-10-5-6-17(9-10)13(18)16-12-4-2-3-11(14)7-12/h2-4,7,10,15H,5-6,8-9H2,1H3,(H,16,18). The number of nitrogens with zero attached hydrogens (tertiary/aromatic N) is 1. The van der Waals surface area contributed by atoms with Crippen molar-refractivity contribution in [1.82, 2.24) is 10.2 Å². The van der Waals surface area contributed by atoms with Crippen LogP contribution in [0, 0.1) is 11.7 Å². The van der Waals surface area contributed by atoms with E-state index in [1.807, 2.05) is 7.05 Å². The van der Waals surface area contributed by atoms with E-state index < -0.39 is 0 Å². The van der Waals surface area contributed by atoms with Crippen LogP contribution in [-0.4, -0.2) is 37.6 Å². The van der Waals surface area contributed by atoms with Gasteiger partial charge in [-0.2, -0.15) is 0 Å². The van der Waals surface area contributed by atoms with E-state index in [0.29, 0.717) is 11.6 Å². The Morgan fingerprint density at radius 3 is 3.11 bits per heavy atom. The van der Waals surface area contributed by atoms with E-state index in [1.165, 1.54) is 12.1 Å². The predicted molar refractivity (Wildman–Crippen MR) is 69.0 cm³/mol. The number of halogens is 1. The van der Waals surface area contributed by atoms with Gasteiger partial charge in [-0.25, -0.2) is 9.18 Å². The van der Waals surface area contributed by atoms with E-state index in [4.69, 9.17) is 0 Å². The molecule has 1 fully saturated rings. The van der Waals surface area contributed by atoms with E-state index in [9.17, 15) is 9.18 Å². The highest BCUT2D eigenvalue weighted by Crippen LogP contribution is 2.17. The zero-order valence-electron chi connectivity index (χ0n) is 10.4. The van der Waals surface area contributed by atoms with Crippen LogP contribution in [0.2, 0.25) is 0 Å². The molecule has 1 aliphatic rings. The number of anilines is 1. The highest BCUT2D eigenvalue weighted by molar-refractivity contribution is 5.89. The van der Waals surface area contributed by atoms with Crippen molar-refractivity contribution in [2.75, 3.05) is 32.0 Å². The Hall–Kier alpha value is -1.62. The minimum atomic E-state index is -0.345. The summed E-state index contributed by atoms with van der Waals surface area (Å²) in [6.45, 7) is 2.43. The number of urea groups is 1. The molecule has 18 heavy (non-hydrogen) atoms. The molecule has 2 rings (SSSR count). The lowest BCUT2D eigenvalue weighted by atomic mass is 10.1. The molecule has 98 valence electrons. The fraction of sp³-hybridized carbons (Fsp3) is 0.462. The lowest BCUT2D eigenvalue weighted by Crippen LogP contribution is -2.34. The zero-order valence-corrected chi connectivity index (χ0v) is 10.4. The highest BCUT2D eigenvalue weighted by atomic mass is 19.1. The summed E-state index contributed by atoms with van der Waals surface area (Å²) < 4.78 is 13.0. The fourth-order valence-electron chi connectivity index (χ4n) is 2.24. The van der Waals surface area contributed by atoms with Gasteiger partial charge in [0.25, 0.3) is 0 Å². The molecule has 1 aromatic carbocycles. The van der Waals surface area contributed by atoms with Crippen molar-refractivity contribution in [3.8, 4) is 0 Å². The third-order valence-electron chi connectivity index (χ3n) is 3.14. The highest BCUT2D eigenvalue weighted by Gasteiger charge is 2.25. The lowest BCUT2D eigenvalue weighted by Gasteiger charge is -2.17. The number of rotatable bonds is 3. The SMILES string of the molecule is CNCC1CCN(C(=O)Nc2cccc(F)c2)C1. The minimum Gasteiger partial charge on any atom is -0.324 e. The molecule has 4 nitrogen and oxygen atoms in total. The maximum atomic E-state index is 13.0. The normalized spacial score (nSPS) is 19.0. The van der Waals surface area contributed by atoms with Gasteiger partial charge in [-0.3, -0.25) is 0 Å². The van der Waals surface area contributed by atoms with E-state index in [0.717, 1.165) is 26.1 Å². The molecule has 2 amide bonds. The van der Waals surface area contributed by atoms with Crippen LogP contribution in [-0.2, 0) is 0 Å². The molecule has 1 aliphatic heterocycles. The maximum Gasteiger partial charge on any atom is 0.321 e.